The molecule has 0 aliphatic carbocycles. The molecule has 0 bridgehead atoms. The minimum Gasteiger partial charge on any atom is -0.376 e. The van der Waals surface area contributed by atoms with Crippen LogP contribution >= 0.6 is 0 Å². The van der Waals surface area contributed by atoms with Crippen molar-refractivity contribution in [1.29, 1.82) is 0 Å². The van der Waals surface area contributed by atoms with Crippen LogP contribution < -0.4 is 5.32 Å². The first kappa shape index (κ1) is 27.6. The maximum atomic E-state index is 13.8. The van der Waals surface area contributed by atoms with Crippen molar-refractivity contribution in [2.24, 2.45) is 5.41 Å². The van der Waals surface area contributed by atoms with E-state index in [0.29, 0.717) is 44.6 Å². The Bertz CT molecular complexity index is 944. The number of carbonyl (C=O) groups is 3. The van der Waals surface area contributed by atoms with Crippen molar-refractivity contribution in [2.75, 3.05) is 45.9 Å². The lowest BCUT2D eigenvalue weighted by Crippen LogP contribution is -2.48. The maximum absolute atomic E-state index is 13.8. The first-order valence-corrected chi connectivity index (χ1v) is 13.9. The Hall–Kier alpha value is -2.45. The largest absolute Gasteiger partial charge is 0.376 e. The van der Waals surface area contributed by atoms with Gasteiger partial charge in [-0.1, -0.05) is 38.5 Å². The van der Waals surface area contributed by atoms with E-state index in [1.807, 2.05) is 41.0 Å². The minimum atomic E-state index is -0.577. The third-order valence-electron chi connectivity index (χ3n) is 7.64. The van der Waals surface area contributed by atoms with Gasteiger partial charge in [-0.05, 0) is 56.7 Å². The minimum absolute atomic E-state index is 0.00741. The number of amides is 3. The number of rotatable bonds is 6. The third kappa shape index (κ3) is 7.11. The molecule has 204 valence electrons. The van der Waals surface area contributed by atoms with Crippen LogP contribution in [-0.2, 0) is 14.3 Å². The van der Waals surface area contributed by atoms with Crippen molar-refractivity contribution < 1.29 is 19.1 Å². The van der Waals surface area contributed by atoms with Crippen LogP contribution in [0.3, 0.4) is 0 Å². The van der Waals surface area contributed by atoms with Crippen molar-refractivity contribution in [3.63, 3.8) is 0 Å². The zero-order chi connectivity index (χ0) is 26.6. The molecular weight excluding hydrogens is 468 g/mol. The van der Waals surface area contributed by atoms with Gasteiger partial charge in [0.25, 0.3) is 5.91 Å². The van der Waals surface area contributed by atoms with E-state index in [1.165, 1.54) is 0 Å². The fourth-order valence-electron chi connectivity index (χ4n) is 5.65. The Morgan fingerprint density at radius 1 is 1.08 bits per heavy atom. The molecule has 0 saturated carbocycles. The van der Waals surface area contributed by atoms with E-state index in [-0.39, 0.29) is 35.3 Å². The smallest absolute Gasteiger partial charge is 0.254 e. The van der Waals surface area contributed by atoms with Gasteiger partial charge in [0.05, 0.1) is 12.1 Å². The van der Waals surface area contributed by atoms with Gasteiger partial charge in [0.15, 0.2) is 0 Å². The van der Waals surface area contributed by atoms with E-state index in [4.69, 9.17) is 4.74 Å². The number of nitrogens with zero attached hydrogens (tertiary/aromatic N) is 3. The normalized spacial score (nSPS) is 24.7. The summed E-state index contributed by atoms with van der Waals surface area (Å²) in [4.78, 5) is 46.7. The second kappa shape index (κ2) is 11.9. The van der Waals surface area contributed by atoms with Crippen LogP contribution in [0, 0.1) is 12.3 Å². The second-order valence-electron chi connectivity index (χ2n) is 12.1. The molecule has 3 atom stereocenters. The molecule has 8 nitrogen and oxygen atoms in total. The van der Waals surface area contributed by atoms with Crippen molar-refractivity contribution >= 4 is 17.7 Å². The summed E-state index contributed by atoms with van der Waals surface area (Å²) in [5.74, 6) is -0.0797. The first-order valence-electron chi connectivity index (χ1n) is 13.9. The molecule has 4 rings (SSSR count). The number of ether oxygens (including phenoxy) is 1. The Labute approximate surface area is 221 Å². The summed E-state index contributed by atoms with van der Waals surface area (Å²) in [6.45, 7) is 12.7. The predicted molar refractivity (Wildman–Crippen MR) is 143 cm³/mol. The summed E-state index contributed by atoms with van der Waals surface area (Å²) in [5, 5.41) is 3.35. The van der Waals surface area contributed by atoms with Crippen LogP contribution in [-0.4, -0.2) is 96.5 Å². The Morgan fingerprint density at radius 2 is 1.84 bits per heavy atom. The quantitative estimate of drug-likeness (QED) is 0.634. The van der Waals surface area contributed by atoms with Gasteiger partial charge < -0.3 is 24.8 Å². The molecule has 3 unspecified atom stereocenters. The highest BCUT2D eigenvalue weighted by Crippen LogP contribution is 2.30. The van der Waals surface area contributed by atoms with Gasteiger partial charge in [0, 0.05) is 51.3 Å². The monoisotopic (exact) mass is 512 g/mol. The Morgan fingerprint density at radius 3 is 2.51 bits per heavy atom. The lowest BCUT2D eigenvalue weighted by molar-refractivity contribution is -0.138. The maximum Gasteiger partial charge on any atom is 0.254 e. The topological polar surface area (TPSA) is 82.2 Å². The van der Waals surface area contributed by atoms with Crippen LogP contribution in [0.4, 0.5) is 0 Å². The van der Waals surface area contributed by atoms with Crippen LogP contribution in [0.2, 0.25) is 0 Å². The highest BCUT2D eigenvalue weighted by Gasteiger charge is 2.45. The number of aryl methyl sites for hydroxylation is 1. The van der Waals surface area contributed by atoms with Gasteiger partial charge in [0.1, 0.15) is 6.04 Å². The molecule has 37 heavy (non-hydrogen) atoms. The fourth-order valence-corrected chi connectivity index (χ4v) is 5.65. The number of hydrogen-bond donors (Lipinski definition) is 1. The van der Waals surface area contributed by atoms with Gasteiger partial charge in [-0.25, -0.2) is 0 Å². The molecule has 3 heterocycles. The molecule has 3 amide bonds. The number of hydrogen-bond acceptors (Lipinski definition) is 5. The summed E-state index contributed by atoms with van der Waals surface area (Å²) in [5.41, 5.74) is 1.50. The molecule has 1 aromatic rings. The molecule has 1 N–H and O–H groups in total. The Balaban J connectivity index is 1.61. The number of likely N-dealkylation sites (tertiary alicyclic amines) is 1. The molecule has 3 fully saturated rings. The first-order chi connectivity index (χ1) is 17.6. The summed E-state index contributed by atoms with van der Waals surface area (Å²) >= 11 is 0. The van der Waals surface area contributed by atoms with Gasteiger partial charge in [-0.15, -0.1) is 0 Å². The van der Waals surface area contributed by atoms with Crippen molar-refractivity contribution in [3.05, 3.63) is 35.4 Å². The zero-order valence-electron chi connectivity index (χ0n) is 23.0. The highest BCUT2D eigenvalue weighted by atomic mass is 16.5. The van der Waals surface area contributed by atoms with E-state index < -0.39 is 6.04 Å². The SMILES string of the molecule is Cc1ccc(C(=O)N2CC(N(CC3CCCO3)C(=O)CC(C)(C)C)CC2C(=O)N2CCCNCC2)cc1. The van der Waals surface area contributed by atoms with E-state index >= 15 is 0 Å². The molecule has 8 heteroatoms. The van der Waals surface area contributed by atoms with Crippen LogP contribution in [0.1, 0.15) is 68.8 Å². The lowest BCUT2D eigenvalue weighted by Gasteiger charge is -2.33. The van der Waals surface area contributed by atoms with Gasteiger partial charge in [0.2, 0.25) is 11.8 Å². The van der Waals surface area contributed by atoms with Gasteiger partial charge in [-0.2, -0.15) is 0 Å². The highest BCUT2D eigenvalue weighted by molar-refractivity contribution is 5.98. The molecule has 0 spiro atoms. The fraction of sp³-hybridized carbons (Fsp3) is 0.690. The van der Waals surface area contributed by atoms with Crippen LogP contribution in [0.25, 0.3) is 0 Å². The van der Waals surface area contributed by atoms with Crippen LogP contribution in [0.5, 0.6) is 0 Å². The summed E-state index contributed by atoms with van der Waals surface area (Å²) in [6.07, 6.45) is 3.71. The van der Waals surface area contributed by atoms with Gasteiger partial charge >= 0.3 is 0 Å². The van der Waals surface area contributed by atoms with Crippen molar-refractivity contribution in [1.82, 2.24) is 20.0 Å². The summed E-state index contributed by atoms with van der Waals surface area (Å²) < 4.78 is 5.90. The molecule has 1 aromatic carbocycles. The second-order valence-corrected chi connectivity index (χ2v) is 12.1. The predicted octanol–water partition coefficient (Wildman–Crippen LogP) is 2.84. The standard InChI is InChI=1S/C29H44N4O4/c1-21-8-10-22(11-9-21)27(35)33-19-23(17-25(33)28(36)31-14-6-12-30-13-15-31)32(20-24-7-5-16-37-24)26(34)18-29(2,3)4/h8-11,23-25,30H,5-7,12-20H2,1-4H3. The average molecular weight is 513 g/mol. The van der Waals surface area contributed by atoms with E-state index in [2.05, 4.69) is 26.1 Å². The molecule has 3 aliphatic rings. The molecule has 3 saturated heterocycles. The van der Waals surface area contributed by atoms with Crippen molar-refractivity contribution in [2.45, 2.75) is 78.0 Å². The third-order valence-corrected chi connectivity index (χ3v) is 7.64. The molecule has 3 aliphatic heterocycles. The van der Waals surface area contributed by atoms with Crippen molar-refractivity contribution in [3.8, 4) is 0 Å². The van der Waals surface area contributed by atoms with E-state index in [0.717, 1.165) is 44.5 Å². The van der Waals surface area contributed by atoms with E-state index in [1.54, 1.807) is 4.90 Å². The number of benzene rings is 1. The molecule has 0 radical (unpaired) electrons. The summed E-state index contributed by atoms with van der Waals surface area (Å²) in [6, 6.07) is 6.72. The molecular formula is C29H44N4O4. The lowest BCUT2D eigenvalue weighted by atomic mass is 9.91. The van der Waals surface area contributed by atoms with Gasteiger partial charge in [-0.3, -0.25) is 14.4 Å². The van der Waals surface area contributed by atoms with Crippen LogP contribution in [0.15, 0.2) is 24.3 Å². The average Bonchev–Trinajstić information content (AvgIpc) is 3.44. The number of nitrogens with one attached hydrogen (secondary N) is 1. The number of carbonyl (C=O) groups excluding carboxylic acids is 3. The van der Waals surface area contributed by atoms with E-state index in [9.17, 15) is 14.4 Å². The Kier molecular flexibility index (Phi) is 8.90. The molecule has 0 aromatic heterocycles. The zero-order valence-corrected chi connectivity index (χ0v) is 23.0. The summed E-state index contributed by atoms with van der Waals surface area (Å²) in [7, 11) is 0.